The molecule has 0 heterocycles. The van der Waals surface area contributed by atoms with E-state index in [1.807, 2.05) is 30.3 Å². The molecule has 4 unspecified atom stereocenters. The van der Waals surface area contributed by atoms with Crippen LogP contribution in [0.2, 0.25) is 0 Å². The number of hydrogen-bond donors (Lipinski definition) is 7. The largest absolute Gasteiger partial charge is 0.480 e. The molecule has 0 aromatic heterocycles. The van der Waals surface area contributed by atoms with E-state index in [1.54, 1.807) is 0 Å². The number of carbonyl (C=O) groups is 4. The molecule has 178 valence electrons. The minimum Gasteiger partial charge on any atom is -0.480 e. The number of aliphatic hydroxyl groups is 1. The topological polar surface area (TPSA) is 197 Å². The van der Waals surface area contributed by atoms with Crippen LogP contribution >= 0.6 is 0 Å². The highest BCUT2D eigenvalue weighted by atomic mass is 16.4. The summed E-state index contributed by atoms with van der Waals surface area (Å²) in [6, 6.07) is 4.69. The minimum absolute atomic E-state index is 0.248. The second-order valence-electron chi connectivity index (χ2n) is 7.45. The molecule has 1 aromatic carbocycles. The summed E-state index contributed by atoms with van der Waals surface area (Å²) in [7, 11) is 0. The summed E-state index contributed by atoms with van der Waals surface area (Å²) in [5, 5.41) is 25.5. The number of nitrogens with one attached hydrogen (secondary N) is 3. The number of aliphatic carboxylic acids is 1. The van der Waals surface area contributed by atoms with Crippen molar-refractivity contribution in [3.05, 3.63) is 35.9 Å². The first-order chi connectivity index (χ1) is 15.2. The molecule has 0 aliphatic rings. The van der Waals surface area contributed by atoms with Gasteiger partial charge in [-0.25, -0.2) is 0 Å². The maximum Gasteiger partial charge on any atom is 0.325 e. The highest BCUT2D eigenvalue weighted by Gasteiger charge is 2.28. The number of carboxylic acid groups (broad SMARTS) is 1. The Balaban J connectivity index is 2.79. The number of rotatable bonds is 14. The third kappa shape index (κ3) is 9.41. The molecular weight excluding hydrogens is 418 g/mol. The van der Waals surface area contributed by atoms with Gasteiger partial charge in [-0.3, -0.25) is 19.2 Å². The first-order valence-corrected chi connectivity index (χ1v) is 10.4. The van der Waals surface area contributed by atoms with Crippen LogP contribution in [0.25, 0.3) is 0 Å². The minimum atomic E-state index is -1.38. The summed E-state index contributed by atoms with van der Waals surface area (Å²) in [5.74, 6) is -3.35. The van der Waals surface area contributed by atoms with Gasteiger partial charge < -0.3 is 37.6 Å². The number of benzene rings is 1. The highest BCUT2D eigenvalue weighted by molar-refractivity contribution is 5.94. The maximum absolute atomic E-state index is 12.7. The van der Waals surface area contributed by atoms with Crippen molar-refractivity contribution < 1.29 is 29.4 Å². The van der Waals surface area contributed by atoms with E-state index in [1.165, 1.54) is 6.92 Å². The number of nitrogens with two attached hydrogens (primary N) is 2. The molecule has 4 atom stereocenters. The van der Waals surface area contributed by atoms with E-state index in [0.29, 0.717) is 19.4 Å². The smallest absolute Gasteiger partial charge is 0.325 e. The molecule has 0 bridgehead atoms. The van der Waals surface area contributed by atoms with E-state index in [-0.39, 0.29) is 12.8 Å². The van der Waals surface area contributed by atoms with Crippen LogP contribution in [0.15, 0.2) is 30.3 Å². The molecule has 0 saturated heterocycles. The predicted molar refractivity (Wildman–Crippen MR) is 117 cm³/mol. The van der Waals surface area contributed by atoms with E-state index in [9.17, 15) is 24.3 Å². The van der Waals surface area contributed by atoms with Gasteiger partial charge in [0, 0.05) is 0 Å². The molecule has 32 heavy (non-hydrogen) atoms. The molecule has 0 fully saturated rings. The average molecular weight is 452 g/mol. The van der Waals surface area contributed by atoms with Crippen molar-refractivity contribution in [3.8, 4) is 0 Å². The van der Waals surface area contributed by atoms with Gasteiger partial charge in [0.25, 0.3) is 0 Å². The summed E-state index contributed by atoms with van der Waals surface area (Å²) in [6.07, 6.45) is 1.68. The summed E-state index contributed by atoms with van der Waals surface area (Å²) in [6.45, 7) is 0.909. The van der Waals surface area contributed by atoms with Crippen LogP contribution in [0, 0.1) is 0 Å². The Morgan fingerprint density at radius 3 is 2.09 bits per heavy atom. The zero-order valence-corrected chi connectivity index (χ0v) is 18.1. The van der Waals surface area contributed by atoms with Gasteiger partial charge in [0.15, 0.2) is 0 Å². The predicted octanol–water partition coefficient (Wildman–Crippen LogP) is -1.76. The molecule has 0 radical (unpaired) electrons. The number of hydrogen-bond acceptors (Lipinski definition) is 7. The van der Waals surface area contributed by atoms with Crippen molar-refractivity contribution in [3.63, 3.8) is 0 Å². The van der Waals surface area contributed by atoms with Crippen LogP contribution in [-0.4, -0.2) is 71.2 Å². The fourth-order valence-electron chi connectivity index (χ4n) is 2.84. The summed E-state index contributed by atoms with van der Waals surface area (Å²) in [5.41, 5.74) is 12.3. The van der Waals surface area contributed by atoms with E-state index in [2.05, 4.69) is 16.0 Å². The van der Waals surface area contributed by atoms with Crippen molar-refractivity contribution in [2.75, 3.05) is 13.2 Å². The van der Waals surface area contributed by atoms with E-state index < -0.39 is 54.5 Å². The Hall–Kier alpha value is -3.02. The Labute approximate surface area is 186 Å². The molecular formula is C21H33N5O6. The molecule has 0 aliphatic carbocycles. The fourth-order valence-corrected chi connectivity index (χ4v) is 2.84. The van der Waals surface area contributed by atoms with E-state index in [4.69, 9.17) is 16.6 Å². The fraction of sp³-hybridized carbons (Fsp3) is 0.524. The van der Waals surface area contributed by atoms with Gasteiger partial charge in [0.05, 0.1) is 12.6 Å². The Kier molecular flexibility index (Phi) is 11.9. The highest BCUT2D eigenvalue weighted by Crippen LogP contribution is 2.05. The third-order valence-electron chi connectivity index (χ3n) is 4.76. The van der Waals surface area contributed by atoms with Crippen molar-refractivity contribution in [1.29, 1.82) is 0 Å². The summed E-state index contributed by atoms with van der Waals surface area (Å²) < 4.78 is 0. The lowest BCUT2D eigenvalue weighted by molar-refractivity contribution is -0.142. The first kappa shape index (κ1) is 27.0. The molecule has 0 aliphatic heterocycles. The monoisotopic (exact) mass is 451 g/mol. The van der Waals surface area contributed by atoms with Crippen molar-refractivity contribution in [2.45, 2.75) is 56.8 Å². The zero-order valence-electron chi connectivity index (χ0n) is 18.1. The van der Waals surface area contributed by atoms with Crippen LogP contribution < -0.4 is 27.4 Å². The molecule has 1 rings (SSSR count). The van der Waals surface area contributed by atoms with Crippen molar-refractivity contribution in [1.82, 2.24) is 16.0 Å². The molecule has 9 N–H and O–H groups in total. The Bertz CT molecular complexity index is 760. The van der Waals surface area contributed by atoms with E-state index in [0.717, 1.165) is 5.56 Å². The SMILES string of the molecule is CC(NC(=O)C(CO)NC(=O)C(CCCCN)NC(=O)C(N)Cc1ccccc1)C(=O)O. The van der Waals surface area contributed by atoms with Gasteiger partial charge in [-0.05, 0) is 44.7 Å². The first-order valence-electron chi connectivity index (χ1n) is 10.4. The summed E-state index contributed by atoms with van der Waals surface area (Å²) in [4.78, 5) is 48.4. The number of amides is 3. The molecule has 3 amide bonds. The van der Waals surface area contributed by atoms with Gasteiger partial charge in [0.1, 0.15) is 18.1 Å². The zero-order chi connectivity index (χ0) is 24.1. The molecule has 0 spiro atoms. The lowest BCUT2D eigenvalue weighted by Crippen LogP contribution is -2.58. The average Bonchev–Trinajstić information content (AvgIpc) is 2.76. The quantitative estimate of drug-likeness (QED) is 0.161. The van der Waals surface area contributed by atoms with Crippen molar-refractivity contribution >= 4 is 23.7 Å². The number of aliphatic hydroxyl groups excluding tert-OH is 1. The van der Waals surface area contributed by atoms with Crippen LogP contribution in [0.1, 0.15) is 31.7 Å². The van der Waals surface area contributed by atoms with Crippen molar-refractivity contribution in [2.24, 2.45) is 11.5 Å². The van der Waals surface area contributed by atoms with Crippen LogP contribution in [-0.2, 0) is 25.6 Å². The second-order valence-corrected chi connectivity index (χ2v) is 7.45. The number of carbonyl (C=O) groups excluding carboxylic acids is 3. The Morgan fingerprint density at radius 1 is 0.938 bits per heavy atom. The second kappa shape index (κ2) is 14.1. The summed E-state index contributed by atoms with van der Waals surface area (Å²) >= 11 is 0. The molecule has 11 nitrogen and oxygen atoms in total. The molecule has 11 heteroatoms. The number of unbranched alkanes of at least 4 members (excludes halogenated alkanes) is 1. The van der Waals surface area contributed by atoms with Gasteiger partial charge in [-0.2, -0.15) is 0 Å². The molecule has 0 saturated carbocycles. The Morgan fingerprint density at radius 2 is 1.53 bits per heavy atom. The molecule has 1 aromatic rings. The van der Waals surface area contributed by atoms with Crippen LogP contribution in [0.3, 0.4) is 0 Å². The van der Waals surface area contributed by atoms with Crippen LogP contribution in [0.5, 0.6) is 0 Å². The van der Waals surface area contributed by atoms with Gasteiger partial charge in [-0.15, -0.1) is 0 Å². The van der Waals surface area contributed by atoms with Crippen LogP contribution in [0.4, 0.5) is 0 Å². The number of carboxylic acids is 1. The lowest BCUT2D eigenvalue weighted by Gasteiger charge is -2.24. The standard InChI is InChI=1S/C21H33N5O6/c1-13(21(31)32)24-20(30)17(12-27)26-19(29)16(9-5-6-10-22)25-18(28)15(23)11-14-7-3-2-4-8-14/h2-4,7-8,13,15-17,27H,5-6,9-12,22-23H2,1H3,(H,24,30)(H,25,28)(H,26,29)(H,31,32). The third-order valence-corrected chi connectivity index (χ3v) is 4.76. The maximum atomic E-state index is 12.7. The normalized spacial score (nSPS) is 14.5. The van der Waals surface area contributed by atoms with Gasteiger partial charge in [-0.1, -0.05) is 30.3 Å². The lowest BCUT2D eigenvalue weighted by atomic mass is 10.0. The van der Waals surface area contributed by atoms with Gasteiger partial charge >= 0.3 is 5.97 Å². The van der Waals surface area contributed by atoms with E-state index >= 15 is 0 Å². The van der Waals surface area contributed by atoms with Gasteiger partial charge in [0.2, 0.25) is 17.7 Å².